The summed E-state index contributed by atoms with van der Waals surface area (Å²) in [5, 5.41) is 7.98. The molecule has 3 rings (SSSR count). The Balaban J connectivity index is 0.00000261. The van der Waals surface area contributed by atoms with Gasteiger partial charge < -0.3 is 15.4 Å². The van der Waals surface area contributed by atoms with Gasteiger partial charge in [0, 0.05) is 28.9 Å². The molecular formula is C20H29IN4OS. The van der Waals surface area contributed by atoms with Crippen LogP contribution in [0, 0.1) is 13.8 Å². The molecule has 0 unspecified atom stereocenters. The minimum atomic E-state index is 0. The Bertz CT molecular complexity index is 786. The van der Waals surface area contributed by atoms with E-state index in [2.05, 4.69) is 41.6 Å². The quantitative estimate of drug-likeness (QED) is 0.341. The third kappa shape index (κ3) is 5.34. The van der Waals surface area contributed by atoms with Crippen LogP contribution in [0.3, 0.4) is 0 Å². The number of methoxy groups -OCH3 is 1. The molecule has 0 spiro atoms. The molecule has 0 bridgehead atoms. The molecule has 27 heavy (non-hydrogen) atoms. The largest absolute Gasteiger partial charge is 0.496 e. The van der Waals surface area contributed by atoms with E-state index in [1.54, 1.807) is 18.4 Å². The molecule has 1 aromatic carbocycles. The van der Waals surface area contributed by atoms with E-state index in [1.807, 2.05) is 19.1 Å². The Morgan fingerprint density at radius 2 is 2.00 bits per heavy atom. The monoisotopic (exact) mass is 500 g/mol. The average molecular weight is 500 g/mol. The van der Waals surface area contributed by atoms with Gasteiger partial charge in [-0.15, -0.1) is 35.3 Å². The number of halogens is 1. The summed E-state index contributed by atoms with van der Waals surface area (Å²) in [5.41, 5.74) is 2.53. The van der Waals surface area contributed by atoms with Crippen LogP contribution < -0.4 is 15.4 Å². The SMILES string of the molecule is CCNC(=NCc1sc(C)nc1C)NCC1(c2ccccc2OC)CC1.I. The van der Waals surface area contributed by atoms with Crippen LogP contribution in [0.25, 0.3) is 0 Å². The maximum absolute atomic E-state index is 5.57. The van der Waals surface area contributed by atoms with E-state index < -0.39 is 0 Å². The maximum Gasteiger partial charge on any atom is 0.191 e. The number of nitrogens with one attached hydrogen (secondary N) is 2. The second-order valence-corrected chi connectivity index (χ2v) is 8.06. The third-order valence-electron chi connectivity index (χ3n) is 4.85. The molecule has 0 amide bonds. The second-order valence-electron chi connectivity index (χ2n) is 6.77. The van der Waals surface area contributed by atoms with Gasteiger partial charge in [-0.2, -0.15) is 0 Å². The topological polar surface area (TPSA) is 58.5 Å². The molecule has 1 aromatic heterocycles. The summed E-state index contributed by atoms with van der Waals surface area (Å²) in [6, 6.07) is 8.34. The number of nitrogens with zero attached hydrogens (tertiary/aromatic N) is 2. The van der Waals surface area contributed by atoms with Crippen molar-refractivity contribution in [3.05, 3.63) is 45.4 Å². The van der Waals surface area contributed by atoms with E-state index in [1.165, 1.54) is 23.3 Å². The molecule has 0 radical (unpaired) electrons. The number of aliphatic imine (C=N–C) groups is 1. The van der Waals surface area contributed by atoms with Crippen LogP contribution in [0.4, 0.5) is 0 Å². The van der Waals surface area contributed by atoms with Crippen LogP contribution in [0.15, 0.2) is 29.3 Å². The number of hydrogen-bond donors (Lipinski definition) is 2. The van der Waals surface area contributed by atoms with Gasteiger partial charge in [0.05, 0.1) is 24.4 Å². The van der Waals surface area contributed by atoms with E-state index in [-0.39, 0.29) is 29.4 Å². The summed E-state index contributed by atoms with van der Waals surface area (Å²) in [6.07, 6.45) is 2.35. The van der Waals surface area contributed by atoms with Gasteiger partial charge in [0.15, 0.2) is 5.96 Å². The highest BCUT2D eigenvalue weighted by Gasteiger charge is 2.46. The molecule has 0 atom stereocenters. The molecule has 1 aliphatic rings. The first kappa shape index (κ1) is 21.9. The van der Waals surface area contributed by atoms with Gasteiger partial charge in [-0.1, -0.05) is 18.2 Å². The minimum Gasteiger partial charge on any atom is -0.496 e. The number of thiazole rings is 1. The molecule has 2 N–H and O–H groups in total. The Kier molecular flexibility index (Phi) is 7.91. The van der Waals surface area contributed by atoms with Crippen molar-refractivity contribution in [2.75, 3.05) is 20.2 Å². The number of para-hydroxylation sites is 1. The standard InChI is InChI=1S/C20H28N4OS.HI/c1-5-21-19(22-12-18-14(2)24-15(3)26-18)23-13-20(10-11-20)16-8-6-7-9-17(16)25-4;/h6-9H,5,10-13H2,1-4H3,(H2,21,22,23);1H. The third-order valence-corrected chi connectivity index (χ3v) is 5.91. The predicted octanol–water partition coefficient (Wildman–Crippen LogP) is 4.17. The van der Waals surface area contributed by atoms with Crippen LogP contribution in [-0.4, -0.2) is 31.1 Å². The van der Waals surface area contributed by atoms with Gasteiger partial charge in [0.25, 0.3) is 0 Å². The zero-order valence-corrected chi connectivity index (χ0v) is 19.6. The number of rotatable bonds is 7. The predicted molar refractivity (Wildman–Crippen MR) is 124 cm³/mol. The van der Waals surface area contributed by atoms with E-state index in [9.17, 15) is 0 Å². The maximum atomic E-state index is 5.57. The van der Waals surface area contributed by atoms with E-state index in [0.717, 1.165) is 35.5 Å². The lowest BCUT2D eigenvalue weighted by Crippen LogP contribution is -2.41. The first-order valence-electron chi connectivity index (χ1n) is 9.16. The molecule has 1 saturated carbocycles. The van der Waals surface area contributed by atoms with Gasteiger partial charge >= 0.3 is 0 Å². The van der Waals surface area contributed by atoms with E-state index in [4.69, 9.17) is 9.73 Å². The summed E-state index contributed by atoms with van der Waals surface area (Å²) in [4.78, 5) is 10.5. The minimum absolute atomic E-state index is 0. The van der Waals surface area contributed by atoms with Crippen molar-refractivity contribution in [2.24, 2.45) is 4.99 Å². The zero-order valence-electron chi connectivity index (χ0n) is 16.5. The fourth-order valence-electron chi connectivity index (χ4n) is 3.24. The highest BCUT2D eigenvalue weighted by atomic mass is 127. The summed E-state index contributed by atoms with van der Waals surface area (Å²) in [5.74, 6) is 1.84. The van der Waals surface area contributed by atoms with Crippen molar-refractivity contribution in [2.45, 2.75) is 45.6 Å². The second kappa shape index (κ2) is 9.73. The molecule has 1 heterocycles. The highest BCUT2D eigenvalue weighted by molar-refractivity contribution is 14.0. The number of hydrogen-bond acceptors (Lipinski definition) is 4. The first-order chi connectivity index (χ1) is 12.6. The molecule has 1 aliphatic carbocycles. The van der Waals surface area contributed by atoms with E-state index >= 15 is 0 Å². The van der Waals surface area contributed by atoms with Gasteiger partial charge in [-0.25, -0.2) is 9.98 Å². The van der Waals surface area contributed by atoms with Gasteiger partial charge in [0.2, 0.25) is 0 Å². The number of aryl methyl sites for hydroxylation is 2. The lowest BCUT2D eigenvalue weighted by atomic mass is 9.95. The van der Waals surface area contributed by atoms with Crippen molar-refractivity contribution >= 4 is 41.3 Å². The Hall–Kier alpha value is -1.35. The van der Waals surface area contributed by atoms with Crippen LogP contribution in [0.2, 0.25) is 0 Å². The van der Waals surface area contributed by atoms with Crippen molar-refractivity contribution < 1.29 is 4.74 Å². The Morgan fingerprint density at radius 1 is 1.26 bits per heavy atom. The first-order valence-corrected chi connectivity index (χ1v) is 9.98. The van der Waals surface area contributed by atoms with Gasteiger partial charge in [-0.05, 0) is 39.7 Å². The van der Waals surface area contributed by atoms with Gasteiger partial charge in [0.1, 0.15) is 5.75 Å². The van der Waals surface area contributed by atoms with Crippen molar-refractivity contribution in [1.82, 2.24) is 15.6 Å². The molecule has 1 fully saturated rings. The van der Waals surface area contributed by atoms with Crippen LogP contribution in [0.1, 0.15) is 40.9 Å². The summed E-state index contributed by atoms with van der Waals surface area (Å²) >= 11 is 1.72. The number of benzene rings is 1. The lowest BCUT2D eigenvalue weighted by Gasteiger charge is -2.21. The van der Waals surface area contributed by atoms with Crippen molar-refractivity contribution in [1.29, 1.82) is 0 Å². The van der Waals surface area contributed by atoms with Crippen LogP contribution >= 0.6 is 35.3 Å². The Labute approximate surface area is 183 Å². The van der Waals surface area contributed by atoms with Crippen LogP contribution in [-0.2, 0) is 12.0 Å². The normalized spacial score (nSPS) is 15.0. The lowest BCUT2D eigenvalue weighted by molar-refractivity contribution is 0.403. The Morgan fingerprint density at radius 3 is 2.59 bits per heavy atom. The molecular weight excluding hydrogens is 471 g/mol. The summed E-state index contributed by atoms with van der Waals surface area (Å²) in [7, 11) is 1.74. The fraction of sp³-hybridized carbons (Fsp3) is 0.500. The zero-order chi connectivity index (χ0) is 18.6. The number of ether oxygens (including phenoxy) is 1. The number of guanidine groups is 1. The fourth-order valence-corrected chi connectivity index (χ4v) is 4.10. The summed E-state index contributed by atoms with van der Waals surface area (Å²) in [6.45, 7) is 8.54. The molecule has 0 aliphatic heterocycles. The molecule has 5 nitrogen and oxygen atoms in total. The molecule has 2 aromatic rings. The highest BCUT2D eigenvalue weighted by Crippen LogP contribution is 2.50. The van der Waals surface area contributed by atoms with Crippen LogP contribution in [0.5, 0.6) is 5.75 Å². The van der Waals surface area contributed by atoms with Crippen molar-refractivity contribution in [3.63, 3.8) is 0 Å². The molecule has 148 valence electrons. The molecule has 0 saturated heterocycles. The van der Waals surface area contributed by atoms with Gasteiger partial charge in [-0.3, -0.25) is 0 Å². The number of aromatic nitrogens is 1. The van der Waals surface area contributed by atoms with E-state index in [0.29, 0.717) is 6.54 Å². The molecule has 7 heteroatoms. The van der Waals surface area contributed by atoms with Crippen molar-refractivity contribution in [3.8, 4) is 5.75 Å². The smallest absolute Gasteiger partial charge is 0.191 e. The average Bonchev–Trinajstić information content (AvgIpc) is 3.36. The summed E-state index contributed by atoms with van der Waals surface area (Å²) < 4.78 is 5.57.